The lowest BCUT2D eigenvalue weighted by Gasteiger charge is -2.25. The third-order valence-corrected chi connectivity index (χ3v) is 3.26. The molecule has 0 radical (unpaired) electrons. The third kappa shape index (κ3) is 2.15. The fraction of sp³-hybridized carbons (Fsp3) is 0.455. The van der Waals surface area contributed by atoms with Crippen molar-refractivity contribution in [3.63, 3.8) is 0 Å². The van der Waals surface area contributed by atoms with E-state index in [1.165, 1.54) is 12.1 Å². The molecule has 14 heavy (non-hydrogen) atoms. The summed E-state index contributed by atoms with van der Waals surface area (Å²) in [7, 11) is 0. The van der Waals surface area contributed by atoms with Crippen molar-refractivity contribution in [3.05, 3.63) is 33.5 Å². The first-order valence-electron chi connectivity index (χ1n) is 4.45. The molecule has 0 fully saturated rings. The van der Waals surface area contributed by atoms with Crippen LogP contribution in [0.3, 0.4) is 0 Å². The molecule has 0 unspecified atom stereocenters. The Labute approximate surface area is 92.1 Å². The molecule has 0 bridgehead atoms. The second kappa shape index (κ2) is 3.99. The molecule has 0 saturated heterocycles. The van der Waals surface area contributed by atoms with Crippen LogP contribution in [0.25, 0.3) is 0 Å². The van der Waals surface area contributed by atoms with Crippen LogP contribution in [0, 0.1) is 12.7 Å². The Balaban J connectivity index is 3.34. The summed E-state index contributed by atoms with van der Waals surface area (Å²) in [5.41, 5.74) is 1.41. The van der Waals surface area contributed by atoms with Gasteiger partial charge in [0.1, 0.15) is 5.82 Å². The van der Waals surface area contributed by atoms with Gasteiger partial charge in [-0.1, -0.05) is 29.8 Å². The summed E-state index contributed by atoms with van der Waals surface area (Å²) in [6.45, 7) is 5.70. The Bertz CT molecular complexity index is 347. The maximum atomic E-state index is 13.2. The zero-order chi connectivity index (χ0) is 10.9. The van der Waals surface area contributed by atoms with E-state index < -0.39 is 5.41 Å². The fourth-order valence-electron chi connectivity index (χ4n) is 1.43. The molecule has 0 aromatic heterocycles. The van der Waals surface area contributed by atoms with Gasteiger partial charge in [-0.3, -0.25) is 0 Å². The van der Waals surface area contributed by atoms with Crippen LogP contribution in [0.1, 0.15) is 25.0 Å². The molecule has 1 N–H and O–H groups in total. The quantitative estimate of drug-likeness (QED) is 0.866. The average molecular weight is 261 g/mol. The molecular formula is C11H14BrFO. The van der Waals surface area contributed by atoms with Crippen molar-refractivity contribution < 1.29 is 9.50 Å². The van der Waals surface area contributed by atoms with E-state index in [1.807, 2.05) is 20.8 Å². The van der Waals surface area contributed by atoms with Gasteiger partial charge < -0.3 is 5.11 Å². The molecule has 0 heterocycles. The summed E-state index contributed by atoms with van der Waals surface area (Å²) in [6, 6.07) is 2.92. The average Bonchev–Trinajstić information content (AvgIpc) is 2.11. The lowest BCUT2D eigenvalue weighted by atomic mass is 9.83. The highest BCUT2D eigenvalue weighted by Gasteiger charge is 2.23. The van der Waals surface area contributed by atoms with E-state index in [1.54, 1.807) is 0 Å². The highest BCUT2D eigenvalue weighted by molar-refractivity contribution is 9.10. The number of rotatable bonds is 2. The minimum absolute atomic E-state index is 0.00370. The molecule has 78 valence electrons. The van der Waals surface area contributed by atoms with E-state index in [0.717, 1.165) is 15.6 Å². The minimum Gasteiger partial charge on any atom is -0.395 e. The van der Waals surface area contributed by atoms with Gasteiger partial charge in [-0.25, -0.2) is 4.39 Å². The third-order valence-electron chi connectivity index (χ3n) is 2.43. The number of benzene rings is 1. The highest BCUT2D eigenvalue weighted by Crippen LogP contribution is 2.30. The van der Waals surface area contributed by atoms with Crippen LogP contribution < -0.4 is 0 Å². The molecule has 0 spiro atoms. The van der Waals surface area contributed by atoms with Crippen LogP contribution in [0.4, 0.5) is 4.39 Å². The molecule has 3 heteroatoms. The maximum absolute atomic E-state index is 13.2. The first kappa shape index (κ1) is 11.7. The van der Waals surface area contributed by atoms with Crippen molar-refractivity contribution in [2.45, 2.75) is 26.2 Å². The molecule has 0 aliphatic rings. The number of halogens is 2. The van der Waals surface area contributed by atoms with Gasteiger partial charge in [-0.2, -0.15) is 0 Å². The number of hydrogen-bond donors (Lipinski definition) is 1. The van der Waals surface area contributed by atoms with Crippen molar-refractivity contribution in [1.82, 2.24) is 0 Å². The van der Waals surface area contributed by atoms with Crippen molar-refractivity contribution in [2.24, 2.45) is 0 Å². The topological polar surface area (TPSA) is 20.2 Å². The number of aliphatic hydroxyl groups excluding tert-OH is 1. The van der Waals surface area contributed by atoms with Gasteiger partial charge in [-0.15, -0.1) is 0 Å². The van der Waals surface area contributed by atoms with Crippen molar-refractivity contribution >= 4 is 15.9 Å². The zero-order valence-electron chi connectivity index (χ0n) is 8.56. The number of hydrogen-bond acceptors (Lipinski definition) is 1. The molecular weight excluding hydrogens is 247 g/mol. The lowest BCUT2D eigenvalue weighted by molar-refractivity contribution is 0.217. The van der Waals surface area contributed by atoms with Crippen LogP contribution in [0.5, 0.6) is 0 Å². The number of aliphatic hydroxyl groups is 1. The molecule has 1 rings (SSSR count). The van der Waals surface area contributed by atoms with E-state index in [9.17, 15) is 9.50 Å². The van der Waals surface area contributed by atoms with Gasteiger partial charge in [0.05, 0.1) is 6.61 Å². The molecule has 0 saturated carbocycles. The second-order valence-electron chi connectivity index (χ2n) is 4.10. The van der Waals surface area contributed by atoms with Crippen LogP contribution in [0.2, 0.25) is 0 Å². The van der Waals surface area contributed by atoms with E-state index >= 15 is 0 Å². The summed E-state index contributed by atoms with van der Waals surface area (Å²) in [5.74, 6) is -0.279. The Kier molecular flexibility index (Phi) is 3.32. The Morgan fingerprint density at radius 2 is 2.00 bits per heavy atom. The summed E-state index contributed by atoms with van der Waals surface area (Å²) < 4.78 is 13.9. The first-order chi connectivity index (χ1) is 6.38. The molecule has 0 aliphatic heterocycles. The Hall–Kier alpha value is -0.410. The predicted octanol–water partition coefficient (Wildman–Crippen LogP) is 3.17. The predicted molar refractivity (Wildman–Crippen MR) is 58.9 cm³/mol. The Morgan fingerprint density at radius 1 is 1.43 bits per heavy atom. The SMILES string of the molecule is Cc1c(Br)cc(F)cc1C(C)(C)CO. The van der Waals surface area contributed by atoms with E-state index in [4.69, 9.17) is 0 Å². The fourth-order valence-corrected chi connectivity index (χ4v) is 1.87. The maximum Gasteiger partial charge on any atom is 0.124 e. The Morgan fingerprint density at radius 3 is 2.50 bits per heavy atom. The van der Waals surface area contributed by atoms with Crippen molar-refractivity contribution in [3.8, 4) is 0 Å². The van der Waals surface area contributed by atoms with Crippen molar-refractivity contribution in [2.75, 3.05) is 6.61 Å². The summed E-state index contributed by atoms with van der Waals surface area (Å²) >= 11 is 3.30. The summed E-state index contributed by atoms with van der Waals surface area (Å²) in [4.78, 5) is 0. The lowest BCUT2D eigenvalue weighted by Crippen LogP contribution is -2.23. The molecule has 0 atom stereocenters. The van der Waals surface area contributed by atoms with Gasteiger partial charge in [0.15, 0.2) is 0 Å². The molecule has 0 amide bonds. The van der Waals surface area contributed by atoms with Gasteiger partial charge in [-0.05, 0) is 30.2 Å². The largest absolute Gasteiger partial charge is 0.395 e. The minimum atomic E-state index is -0.408. The zero-order valence-corrected chi connectivity index (χ0v) is 10.2. The summed E-state index contributed by atoms with van der Waals surface area (Å²) in [6.07, 6.45) is 0. The van der Waals surface area contributed by atoms with Crippen LogP contribution in [0.15, 0.2) is 16.6 Å². The van der Waals surface area contributed by atoms with Gasteiger partial charge in [0.2, 0.25) is 0 Å². The monoisotopic (exact) mass is 260 g/mol. The van der Waals surface area contributed by atoms with E-state index in [0.29, 0.717) is 0 Å². The van der Waals surface area contributed by atoms with Gasteiger partial charge in [0.25, 0.3) is 0 Å². The molecule has 1 aromatic rings. The normalized spacial score (nSPS) is 11.9. The van der Waals surface area contributed by atoms with E-state index in [-0.39, 0.29) is 12.4 Å². The van der Waals surface area contributed by atoms with Gasteiger partial charge in [0, 0.05) is 9.89 Å². The van der Waals surface area contributed by atoms with Crippen LogP contribution >= 0.6 is 15.9 Å². The first-order valence-corrected chi connectivity index (χ1v) is 5.25. The highest BCUT2D eigenvalue weighted by atomic mass is 79.9. The second-order valence-corrected chi connectivity index (χ2v) is 4.96. The summed E-state index contributed by atoms with van der Waals surface area (Å²) in [5, 5.41) is 9.22. The van der Waals surface area contributed by atoms with Gasteiger partial charge >= 0.3 is 0 Å². The van der Waals surface area contributed by atoms with E-state index in [2.05, 4.69) is 15.9 Å². The van der Waals surface area contributed by atoms with Crippen LogP contribution in [-0.4, -0.2) is 11.7 Å². The standard InChI is InChI=1S/C11H14BrFO/c1-7-9(11(2,3)6-14)4-8(13)5-10(7)12/h4-5,14H,6H2,1-3H3. The molecule has 1 nitrogen and oxygen atoms in total. The van der Waals surface area contributed by atoms with Crippen LogP contribution in [-0.2, 0) is 5.41 Å². The smallest absolute Gasteiger partial charge is 0.124 e. The molecule has 0 aliphatic carbocycles. The van der Waals surface area contributed by atoms with Crippen molar-refractivity contribution in [1.29, 1.82) is 0 Å². The molecule has 1 aromatic carbocycles.